The van der Waals surface area contributed by atoms with Gasteiger partial charge in [0.2, 0.25) is 0 Å². The summed E-state index contributed by atoms with van der Waals surface area (Å²) in [6.07, 6.45) is -4.47. The Morgan fingerprint density at radius 1 is 0.605 bits per heavy atom. The van der Waals surface area contributed by atoms with Crippen molar-refractivity contribution in [2.24, 2.45) is 0 Å². The number of allylic oxidation sites excluding steroid dienone is 2. The molecule has 0 bridgehead atoms. The number of nitrogens with zero attached hydrogens (tertiary/aromatic N) is 2. The topological polar surface area (TPSA) is 47.6 Å². The molecule has 0 amide bonds. The van der Waals surface area contributed by atoms with Crippen molar-refractivity contribution in [1.29, 1.82) is 10.5 Å². The second kappa shape index (κ2) is 9.05. The van der Waals surface area contributed by atoms with E-state index in [1.54, 1.807) is 6.07 Å². The van der Waals surface area contributed by atoms with Crippen molar-refractivity contribution in [3.05, 3.63) is 142 Å². The molecule has 38 heavy (non-hydrogen) atoms. The molecule has 0 heterocycles. The first-order valence-electron chi connectivity index (χ1n) is 12.4. The minimum absolute atomic E-state index is 0.0630. The predicted molar refractivity (Wildman–Crippen MR) is 139 cm³/mol. The fraction of sp³-hybridized carbons (Fsp3) is 0.152. The highest BCUT2D eigenvalue weighted by molar-refractivity contribution is 5.79. The van der Waals surface area contributed by atoms with Crippen molar-refractivity contribution in [1.82, 2.24) is 0 Å². The van der Waals surface area contributed by atoms with Crippen molar-refractivity contribution in [3.8, 4) is 23.3 Å². The zero-order valence-electron chi connectivity index (χ0n) is 20.2. The lowest BCUT2D eigenvalue weighted by Gasteiger charge is -2.36. The third kappa shape index (κ3) is 3.63. The van der Waals surface area contributed by atoms with Crippen LogP contribution in [0.25, 0.3) is 11.1 Å². The van der Waals surface area contributed by atoms with Crippen LogP contribution in [0.5, 0.6) is 0 Å². The molecule has 0 radical (unpaired) electrons. The third-order valence-electron chi connectivity index (χ3n) is 7.95. The van der Waals surface area contributed by atoms with Gasteiger partial charge in [-0.3, -0.25) is 0 Å². The summed E-state index contributed by atoms with van der Waals surface area (Å²) in [6, 6.07) is 35.4. The van der Waals surface area contributed by atoms with Gasteiger partial charge in [0.25, 0.3) is 0 Å². The van der Waals surface area contributed by atoms with Crippen LogP contribution in [0.2, 0.25) is 0 Å². The number of fused-ring (bicyclic) bond motifs is 6. The van der Waals surface area contributed by atoms with E-state index < -0.39 is 11.7 Å². The molecule has 0 N–H and O–H groups in total. The number of alkyl halides is 3. The Hall–Kier alpha value is -4.61. The Balaban J connectivity index is 1.73. The van der Waals surface area contributed by atoms with Crippen LogP contribution in [-0.2, 0) is 6.18 Å². The minimum Gasteiger partial charge on any atom is -0.192 e. The summed E-state index contributed by atoms with van der Waals surface area (Å²) in [5.41, 5.74) is 5.07. The largest absolute Gasteiger partial charge is 0.416 e. The summed E-state index contributed by atoms with van der Waals surface area (Å²) < 4.78 is 41.4. The first-order chi connectivity index (χ1) is 18.4. The average Bonchev–Trinajstić information content (AvgIpc) is 3.30. The van der Waals surface area contributed by atoms with Gasteiger partial charge in [-0.05, 0) is 51.1 Å². The van der Waals surface area contributed by atoms with Gasteiger partial charge in [-0.1, -0.05) is 91.0 Å². The molecule has 0 aliphatic heterocycles. The second-order valence-electron chi connectivity index (χ2n) is 9.77. The first-order valence-corrected chi connectivity index (χ1v) is 12.4. The van der Waals surface area contributed by atoms with Crippen molar-refractivity contribution in [2.75, 3.05) is 0 Å². The zero-order valence-corrected chi connectivity index (χ0v) is 20.2. The van der Waals surface area contributed by atoms with E-state index in [4.69, 9.17) is 0 Å². The standard InChI is InChI=1S/C33H21F3N2/c34-33(35,36)23-15-16-26-27(17-23)24-13-7-8-14-25(24)31-28(20-9-3-1-4-10-20)30(22(18-37)19-38)29(32(26)31)21-11-5-2-6-12-21/h1-17,28-29,31-32H. The molecule has 0 aromatic heterocycles. The van der Waals surface area contributed by atoms with Gasteiger partial charge in [-0.2, -0.15) is 23.7 Å². The SMILES string of the molecule is N#CC(C#N)=C1C(c2ccccc2)C2c3ccccc3-c3cc(C(F)(F)F)ccc3C2C1c1ccccc1. The van der Waals surface area contributed by atoms with Gasteiger partial charge in [0.05, 0.1) is 5.56 Å². The summed E-state index contributed by atoms with van der Waals surface area (Å²) in [4.78, 5) is 0. The fourth-order valence-electron chi connectivity index (χ4n) is 6.59. The molecule has 5 heteroatoms. The van der Waals surface area contributed by atoms with Gasteiger partial charge in [0.1, 0.15) is 17.7 Å². The molecular formula is C33H21F3N2. The van der Waals surface area contributed by atoms with Crippen molar-refractivity contribution in [2.45, 2.75) is 29.8 Å². The molecule has 1 fully saturated rings. The van der Waals surface area contributed by atoms with Crippen LogP contribution in [0.4, 0.5) is 13.2 Å². The quantitative estimate of drug-likeness (QED) is 0.258. The van der Waals surface area contributed by atoms with E-state index in [1.807, 2.05) is 84.9 Å². The Kier molecular flexibility index (Phi) is 5.66. The zero-order chi connectivity index (χ0) is 26.4. The average molecular weight is 503 g/mol. The van der Waals surface area contributed by atoms with Crippen LogP contribution in [0.1, 0.15) is 51.5 Å². The van der Waals surface area contributed by atoms with Crippen molar-refractivity contribution >= 4 is 0 Å². The molecule has 184 valence electrons. The lowest BCUT2D eigenvalue weighted by Crippen LogP contribution is -2.20. The highest BCUT2D eigenvalue weighted by Crippen LogP contribution is 2.67. The molecule has 0 saturated heterocycles. The molecule has 1 saturated carbocycles. The molecule has 4 unspecified atom stereocenters. The highest BCUT2D eigenvalue weighted by Gasteiger charge is 2.53. The maximum absolute atomic E-state index is 13.8. The van der Waals surface area contributed by atoms with Crippen LogP contribution in [0, 0.1) is 22.7 Å². The van der Waals surface area contributed by atoms with E-state index in [-0.39, 0.29) is 29.2 Å². The molecular weight excluding hydrogens is 481 g/mol. The maximum Gasteiger partial charge on any atom is 0.416 e. The summed E-state index contributed by atoms with van der Waals surface area (Å²) >= 11 is 0. The van der Waals surface area contributed by atoms with E-state index in [0.29, 0.717) is 5.56 Å². The number of rotatable bonds is 2. The van der Waals surface area contributed by atoms with Crippen LogP contribution in [0.15, 0.2) is 114 Å². The Bertz CT molecular complexity index is 1620. The number of hydrogen-bond donors (Lipinski definition) is 0. The van der Waals surface area contributed by atoms with Crippen LogP contribution in [-0.4, -0.2) is 0 Å². The Labute approximate surface area is 218 Å². The van der Waals surface area contributed by atoms with Gasteiger partial charge in [-0.25, -0.2) is 0 Å². The monoisotopic (exact) mass is 502 g/mol. The number of hydrogen-bond acceptors (Lipinski definition) is 2. The van der Waals surface area contributed by atoms with Gasteiger partial charge < -0.3 is 0 Å². The van der Waals surface area contributed by atoms with Crippen LogP contribution >= 0.6 is 0 Å². The van der Waals surface area contributed by atoms with Crippen molar-refractivity contribution in [3.63, 3.8) is 0 Å². The molecule has 2 aliphatic rings. The molecule has 4 aromatic carbocycles. The molecule has 4 atom stereocenters. The highest BCUT2D eigenvalue weighted by atomic mass is 19.4. The van der Waals surface area contributed by atoms with E-state index in [0.717, 1.165) is 39.5 Å². The predicted octanol–water partition coefficient (Wildman–Crippen LogP) is 8.48. The molecule has 2 aliphatic carbocycles. The first kappa shape index (κ1) is 23.8. The van der Waals surface area contributed by atoms with Gasteiger partial charge >= 0.3 is 6.18 Å². The van der Waals surface area contributed by atoms with Crippen molar-refractivity contribution < 1.29 is 13.2 Å². The number of nitriles is 2. The van der Waals surface area contributed by atoms with Gasteiger partial charge in [0, 0.05) is 23.7 Å². The van der Waals surface area contributed by atoms with E-state index in [1.165, 1.54) is 6.07 Å². The molecule has 4 aromatic rings. The molecule has 2 nitrogen and oxygen atoms in total. The minimum atomic E-state index is -4.47. The normalized spacial score (nSPS) is 21.4. The maximum atomic E-state index is 13.8. The van der Waals surface area contributed by atoms with E-state index >= 15 is 0 Å². The summed E-state index contributed by atoms with van der Waals surface area (Å²) in [5.74, 6) is -1.09. The summed E-state index contributed by atoms with van der Waals surface area (Å²) in [5, 5.41) is 20.2. The summed E-state index contributed by atoms with van der Waals surface area (Å²) in [6.45, 7) is 0. The molecule has 6 rings (SSSR count). The fourth-order valence-corrected chi connectivity index (χ4v) is 6.59. The smallest absolute Gasteiger partial charge is 0.192 e. The molecule has 0 spiro atoms. The van der Waals surface area contributed by atoms with Crippen LogP contribution in [0.3, 0.4) is 0 Å². The number of benzene rings is 4. The van der Waals surface area contributed by atoms with Gasteiger partial charge in [-0.15, -0.1) is 0 Å². The third-order valence-corrected chi connectivity index (χ3v) is 7.95. The second-order valence-corrected chi connectivity index (χ2v) is 9.77. The van der Waals surface area contributed by atoms with E-state index in [2.05, 4.69) is 12.1 Å². The van der Waals surface area contributed by atoms with Gasteiger partial charge in [0.15, 0.2) is 0 Å². The van der Waals surface area contributed by atoms with Crippen LogP contribution < -0.4 is 0 Å². The Morgan fingerprint density at radius 2 is 1.11 bits per heavy atom. The summed E-state index contributed by atoms with van der Waals surface area (Å²) in [7, 11) is 0. The van der Waals surface area contributed by atoms with E-state index in [9.17, 15) is 23.7 Å². The lowest BCUT2D eigenvalue weighted by atomic mass is 9.67. The lowest BCUT2D eigenvalue weighted by molar-refractivity contribution is -0.137. The number of halogens is 3. The Morgan fingerprint density at radius 3 is 1.63 bits per heavy atom.